The third kappa shape index (κ3) is 6.32. The summed E-state index contributed by atoms with van der Waals surface area (Å²) in [6.45, 7) is 3.83. The number of alkyl halides is 3. The van der Waals surface area contributed by atoms with E-state index in [1.54, 1.807) is 13.0 Å². The summed E-state index contributed by atoms with van der Waals surface area (Å²) in [5, 5.41) is 4.92. The standard InChI is InChI=1S/C22H22ClF3N8O2S/c1-11(32-19(35)15-5-18(31-10-30-15)34-3-2-12(6-27)9-34)21-29-8-16(37-21)20(36)33-17-4-13(22(24,25)26)14(23)7-28-17/h4-5,7-8,10-12H,2-3,6,9,27H2,1H3,(H,32,35)(H,28,33,36)/t11?,12-/m0/s1. The van der Waals surface area contributed by atoms with Crippen LogP contribution in [0.3, 0.4) is 0 Å². The molecule has 1 aliphatic rings. The molecule has 2 amide bonds. The zero-order chi connectivity index (χ0) is 26.7. The Labute approximate surface area is 218 Å². The largest absolute Gasteiger partial charge is 0.418 e. The van der Waals surface area contributed by atoms with Crippen molar-refractivity contribution in [2.45, 2.75) is 25.6 Å². The minimum atomic E-state index is -4.70. The zero-order valence-electron chi connectivity index (χ0n) is 19.4. The third-order valence-corrected chi connectivity index (χ3v) is 7.18. The van der Waals surface area contributed by atoms with Crippen LogP contribution in [0.4, 0.5) is 24.8 Å². The SMILES string of the molecule is CC(NC(=O)c1cc(N2CC[C@@H](CN)C2)ncn1)c1ncc(C(=O)Nc2cc(C(F)(F)F)c(Cl)cn2)s1. The number of aromatic nitrogens is 4. The Hall–Kier alpha value is -3.36. The van der Waals surface area contributed by atoms with Gasteiger partial charge in [0.05, 0.1) is 22.8 Å². The van der Waals surface area contributed by atoms with Gasteiger partial charge >= 0.3 is 6.18 Å². The number of amides is 2. The molecule has 0 bridgehead atoms. The van der Waals surface area contributed by atoms with Crippen molar-refractivity contribution in [2.75, 3.05) is 29.9 Å². The molecule has 15 heteroatoms. The second kappa shape index (κ2) is 10.9. The maximum absolute atomic E-state index is 13.1. The maximum Gasteiger partial charge on any atom is 0.418 e. The molecule has 196 valence electrons. The van der Waals surface area contributed by atoms with Crippen molar-refractivity contribution in [1.29, 1.82) is 0 Å². The lowest BCUT2D eigenvalue weighted by Gasteiger charge is -2.18. The smallest absolute Gasteiger partial charge is 0.356 e. The van der Waals surface area contributed by atoms with Crippen molar-refractivity contribution in [3.63, 3.8) is 0 Å². The van der Waals surface area contributed by atoms with Gasteiger partial charge in [0.15, 0.2) is 0 Å². The molecule has 1 fully saturated rings. The number of carbonyl (C=O) groups is 2. The van der Waals surface area contributed by atoms with Gasteiger partial charge in [-0.1, -0.05) is 11.6 Å². The molecule has 0 spiro atoms. The summed E-state index contributed by atoms with van der Waals surface area (Å²) in [5.41, 5.74) is 4.81. The van der Waals surface area contributed by atoms with Crippen molar-refractivity contribution in [3.8, 4) is 0 Å². The Morgan fingerprint density at radius 3 is 2.70 bits per heavy atom. The minimum absolute atomic E-state index is 0.120. The molecule has 1 aliphatic heterocycles. The summed E-state index contributed by atoms with van der Waals surface area (Å²) < 4.78 is 39.2. The summed E-state index contributed by atoms with van der Waals surface area (Å²) in [7, 11) is 0. The van der Waals surface area contributed by atoms with Crippen LogP contribution in [0.1, 0.15) is 50.1 Å². The first-order valence-corrected chi connectivity index (χ1v) is 12.3. The van der Waals surface area contributed by atoms with Crippen LogP contribution in [0.15, 0.2) is 30.9 Å². The van der Waals surface area contributed by atoms with Gasteiger partial charge in [0, 0.05) is 25.4 Å². The number of pyridine rings is 1. The second-order valence-corrected chi connectivity index (χ2v) is 9.83. The number of rotatable bonds is 7. The van der Waals surface area contributed by atoms with Crippen molar-refractivity contribution in [1.82, 2.24) is 25.3 Å². The molecular weight excluding hydrogens is 533 g/mol. The van der Waals surface area contributed by atoms with Crippen LogP contribution < -0.4 is 21.3 Å². The molecule has 0 aliphatic carbocycles. The molecule has 2 atom stereocenters. The Morgan fingerprint density at radius 2 is 2.00 bits per heavy atom. The van der Waals surface area contributed by atoms with Crippen LogP contribution in [-0.2, 0) is 6.18 Å². The van der Waals surface area contributed by atoms with Crippen LogP contribution in [0.2, 0.25) is 5.02 Å². The average molecular weight is 555 g/mol. The van der Waals surface area contributed by atoms with E-state index >= 15 is 0 Å². The normalized spacial score (nSPS) is 16.5. The monoisotopic (exact) mass is 554 g/mol. The van der Waals surface area contributed by atoms with E-state index in [4.69, 9.17) is 17.3 Å². The van der Waals surface area contributed by atoms with Crippen molar-refractivity contribution in [3.05, 3.63) is 57.0 Å². The van der Waals surface area contributed by atoms with E-state index in [-0.39, 0.29) is 16.4 Å². The van der Waals surface area contributed by atoms with Gasteiger partial charge < -0.3 is 21.3 Å². The van der Waals surface area contributed by atoms with Crippen LogP contribution in [0.25, 0.3) is 0 Å². The Bertz CT molecular complexity index is 1300. The van der Waals surface area contributed by atoms with Crippen molar-refractivity contribution in [2.24, 2.45) is 11.7 Å². The highest BCUT2D eigenvalue weighted by atomic mass is 35.5. The molecule has 0 aromatic carbocycles. The van der Waals surface area contributed by atoms with Crippen molar-refractivity contribution < 1.29 is 22.8 Å². The number of nitrogens with one attached hydrogen (secondary N) is 2. The van der Waals surface area contributed by atoms with Gasteiger partial charge in [-0.3, -0.25) is 9.59 Å². The van der Waals surface area contributed by atoms with E-state index in [2.05, 4.69) is 35.5 Å². The van der Waals surface area contributed by atoms with E-state index in [0.717, 1.165) is 37.0 Å². The molecule has 0 saturated carbocycles. The third-order valence-electron chi connectivity index (χ3n) is 5.70. The van der Waals surface area contributed by atoms with E-state index in [9.17, 15) is 22.8 Å². The molecule has 4 N–H and O–H groups in total. The fourth-order valence-corrected chi connectivity index (χ4v) is 4.73. The Balaban J connectivity index is 1.39. The summed E-state index contributed by atoms with van der Waals surface area (Å²) in [5.74, 6) is -0.440. The lowest BCUT2D eigenvalue weighted by Crippen LogP contribution is -2.28. The fourth-order valence-electron chi connectivity index (χ4n) is 3.70. The predicted octanol–water partition coefficient (Wildman–Crippen LogP) is 3.53. The summed E-state index contributed by atoms with van der Waals surface area (Å²) >= 11 is 6.54. The van der Waals surface area contributed by atoms with Gasteiger partial charge in [0.2, 0.25) is 0 Å². The van der Waals surface area contributed by atoms with E-state index in [1.165, 1.54) is 12.5 Å². The summed E-state index contributed by atoms with van der Waals surface area (Å²) in [6, 6.07) is 1.69. The molecule has 0 radical (unpaired) electrons. The van der Waals surface area contributed by atoms with Gasteiger partial charge in [-0.05, 0) is 31.9 Å². The number of thiazole rings is 1. The maximum atomic E-state index is 13.1. The van der Waals surface area contributed by atoms with E-state index in [1.807, 2.05) is 0 Å². The number of hydrogen-bond acceptors (Lipinski definition) is 9. The van der Waals surface area contributed by atoms with Crippen LogP contribution in [0, 0.1) is 5.92 Å². The van der Waals surface area contributed by atoms with Crippen LogP contribution >= 0.6 is 22.9 Å². The molecule has 37 heavy (non-hydrogen) atoms. The molecule has 10 nitrogen and oxygen atoms in total. The first-order valence-electron chi connectivity index (χ1n) is 11.1. The highest BCUT2D eigenvalue weighted by molar-refractivity contribution is 7.13. The lowest BCUT2D eigenvalue weighted by atomic mass is 10.1. The van der Waals surface area contributed by atoms with Crippen LogP contribution in [-0.4, -0.2) is 51.4 Å². The number of halogens is 4. The number of hydrogen-bond donors (Lipinski definition) is 3. The molecule has 4 rings (SSSR count). The number of nitrogens with zero attached hydrogens (tertiary/aromatic N) is 5. The van der Waals surface area contributed by atoms with E-state index < -0.39 is 34.6 Å². The lowest BCUT2D eigenvalue weighted by molar-refractivity contribution is -0.137. The second-order valence-electron chi connectivity index (χ2n) is 8.36. The molecular formula is C22H22ClF3N8O2S. The van der Waals surface area contributed by atoms with Crippen LogP contribution in [0.5, 0.6) is 0 Å². The molecule has 4 heterocycles. The van der Waals surface area contributed by atoms with Gasteiger partial charge in [-0.25, -0.2) is 19.9 Å². The van der Waals surface area contributed by atoms with Gasteiger partial charge in [0.1, 0.15) is 33.5 Å². The highest BCUT2D eigenvalue weighted by Gasteiger charge is 2.34. The van der Waals surface area contributed by atoms with Crippen molar-refractivity contribution >= 4 is 46.4 Å². The first-order chi connectivity index (χ1) is 17.5. The first kappa shape index (κ1) is 26.7. The Morgan fingerprint density at radius 1 is 1.22 bits per heavy atom. The Kier molecular flexibility index (Phi) is 7.90. The quantitative estimate of drug-likeness (QED) is 0.403. The number of nitrogens with two attached hydrogens (primary N) is 1. The summed E-state index contributed by atoms with van der Waals surface area (Å²) in [4.78, 5) is 43.7. The molecule has 1 saturated heterocycles. The number of carbonyl (C=O) groups excluding carboxylic acids is 2. The van der Waals surface area contributed by atoms with E-state index in [0.29, 0.717) is 29.4 Å². The summed E-state index contributed by atoms with van der Waals surface area (Å²) in [6.07, 6.45) is -0.337. The molecule has 1 unspecified atom stereocenters. The number of anilines is 2. The molecule has 3 aromatic heterocycles. The topological polar surface area (TPSA) is 139 Å². The average Bonchev–Trinajstić information content (AvgIpc) is 3.55. The molecule has 3 aromatic rings. The fraction of sp³-hybridized carbons (Fsp3) is 0.364. The predicted molar refractivity (Wildman–Crippen MR) is 132 cm³/mol. The minimum Gasteiger partial charge on any atom is -0.356 e. The van der Waals surface area contributed by atoms with Gasteiger partial charge in [0.25, 0.3) is 11.8 Å². The zero-order valence-corrected chi connectivity index (χ0v) is 21.0. The van der Waals surface area contributed by atoms with Gasteiger partial charge in [-0.2, -0.15) is 13.2 Å². The van der Waals surface area contributed by atoms with Gasteiger partial charge in [-0.15, -0.1) is 11.3 Å². The highest BCUT2D eigenvalue weighted by Crippen LogP contribution is 2.35.